The van der Waals surface area contributed by atoms with Crippen LogP contribution in [0.4, 0.5) is 0 Å². The molecule has 0 heterocycles. The van der Waals surface area contributed by atoms with Crippen LogP contribution in [0, 0.1) is 0 Å². The van der Waals surface area contributed by atoms with Gasteiger partial charge in [-0.3, -0.25) is 0 Å². The van der Waals surface area contributed by atoms with Crippen molar-refractivity contribution in [2.75, 3.05) is 0 Å². The van der Waals surface area contributed by atoms with Gasteiger partial charge in [-0.25, -0.2) is 48.5 Å². The van der Waals surface area contributed by atoms with E-state index in [4.69, 9.17) is 0 Å². The number of hydrogen-bond donors (Lipinski definition) is 1. The van der Waals surface area contributed by atoms with Gasteiger partial charge in [-0.2, -0.15) is 71.0 Å². The second kappa shape index (κ2) is 13.9. The number of nitrogens with one attached hydrogen (secondary N) is 1. The minimum atomic E-state index is -1.51. The monoisotopic (exact) mass is 501 g/mol. The molecule has 1 N–H and O–H groups in total. The second-order valence-corrected chi connectivity index (χ2v) is 16.3. The van der Waals surface area contributed by atoms with E-state index in [2.05, 4.69) is 79.4 Å². The third-order valence-corrected chi connectivity index (χ3v) is 13.1. The van der Waals surface area contributed by atoms with Gasteiger partial charge in [0.15, 0.2) is 0 Å². The van der Waals surface area contributed by atoms with E-state index in [-0.39, 0.29) is 34.1 Å². The fourth-order valence-corrected chi connectivity index (χ4v) is 12.6. The molecule has 0 spiro atoms. The molecule has 0 amide bonds. The predicted molar refractivity (Wildman–Crippen MR) is 126 cm³/mol. The van der Waals surface area contributed by atoms with Crippen LogP contribution in [0.1, 0.15) is 0 Å². The van der Waals surface area contributed by atoms with Gasteiger partial charge < -0.3 is 4.65 Å². The van der Waals surface area contributed by atoms with E-state index < -0.39 is 16.5 Å². The summed E-state index contributed by atoms with van der Waals surface area (Å²) in [5.74, 6) is 0. The third kappa shape index (κ3) is 9.92. The number of hydrogen-bond acceptors (Lipinski definition) is 1. The van der Waals surface area contributed by atoms with Crippen molar-refractivity contribution in [2.45, 2.75) is 26.2 Å². The molecular weight excluding hydrogens is 470 g/mol. The SMILES string of the molecule is C[Si](C)(N[Si](C)(C)c1ccc[cH-]1)c1ccc[cH-]1.[Fe+2].[Fe+2].c1cc[cH-]c1.c1cc[cH-]c1. The van der Waals surface area contributed by atoms with Gasteiger partial charge >= 0.3 is 34.1 Å². The summed E-state index contributed by atoms with van der Waals surface area (Å²) in [6, 6.07) is 37.6. The van der Waals surface area contributed by atoms with Crippen molar-refractivity contribution in [3.63, 3.8) is 0 Å². The first-order chi connectivity index (χ1) is 12.9. The first-order valence-corrected chi connectivity index (χ1v) is 15.5. The maximum atomic E-state index is 4.02. The molecule has 4 aromatic rings. The van der Waals surface area contributed by atoms with Crippen LogP contribution in [0.25, 0.3) is 0 Å². The van der Waals surface area contributed by atoms with Crippen molar-refractivity contribution in [1.82, 2.24) is 4.65 Å². The summed E-state index contributed by atoms with van der Waals surface area (Å²) >= 11 is 0. The summed E-state index contributed by atoms with van der Waals surface area (Å²) in [5.41, 5.74) is 0. The van der Waals surface area contributed by atoms with Crippen LogP contribution in [0.2, 0.25) is 26.2 Å². The molecule has 4 aromatic carbocycles. The molecule has 1 nitrogen and oxygen atoms in total. The van der Waals surface area contributed by atoms with Crippen molar-refractivity contribution in [3.05, 3.63) is 109 Å². The molecule has 0 aliphatic heterocycles. The smallest absolute Gasteiger partial charge is 0.355 e. The van der Waals surface area contributed by atoms with E-state index >= 15 is 0 Å². The molecule has 0 saturated carbocycles. The van der Waals surface area contributed by atoms with E-state index in [9.17, 15) is 0 Å². The average Bonchev–Trinajstić information content (AvgIpc) is 3.49. The maximum Gasteiger partial charge on any atom is 2.00 e. The maximum absolute atomic E-state index is 4.02. The normalized spacial score (nSPS) is 10.3. The van der Waals surface area contributed by atoms with Crippen molar-refractivity contribution in [1.29, 1.82) is 0 Å². The van der Waals surface area contributed by atoms with Crippen LogP contribution >= 0.6 is 0 Å². The fourth-order valence-electron chi connectivity index (χ4n) is 3.15. The van der Waals surface area contributed by atoms with Crippen molar-refractivity contribution >= 4 is 26.8 Å². The first-order valence-electron chi connectivity index (χ1n) is 9.49. The summed E-state index contributed by atoms with van der Waals surface area (Å²) < 4.78 is 4.02. The summed E-state index contributed by atoms with van der Waals surface area (Å²) in [5, 5.41) is 3.01. The molecule has 0 aromatic heterocycles. The van der Waals surface area contributed by atoms with Crippen LogP contribution in [0.3, 0.4) is 0 Å². The Morgan fingerprint density at radius 3 is 1.10 bits per heavy atom. The van der Waals surface area contributed by atoms with Gasteiger partial charge in [0, 0.05) is 0 Å². The summed E-state index contributed by atoms with van der Waals surface area (Å²) in [7, 11) is -3.01. The zero-order valence-electron chi connectivity index (χ0n) is 17.6. The van der Waals surface area contributed by atoms with Crippen LogP contribution in [-0.2, 0) is 34.1 Å². The summed E-state index contributed by atoms with van der Waals surface area (Å²) in [4.78, 5) is 0. The van der Waals surface area contributed by atoms with E-state index in [0.29, 0.717) is 0 Å². The Morgan fingerprint density at radius 1 is 0.552 bits per heavy atom. The second-order valence-electron chi connectivity index (χ2n) is 7.65. The molecule has 0 aliphatic rings. The minimum Gasteiger partial charge on any atom is -0.355 e. The van der Waals surface area contributed by atoms with E-state index in [1.165, 1.54) is 10.4 Å². The molecule has 0 atom stereocenters. The quantitative estimate of drug-likeness (QED) is 0.305. The molecule has 0 radical (unpaired) electrons. The standard InChI is InChI=1S/C14H21NSi2.2C5H5.2Fe/c1-16(2,13-9-5-6-10-13)15-17(3,4)14-11-7-8-12-14;2*1-2-4-5-3-1;;/h5-12,15H,1-4H3;2*1-5H;;/q-2;2*-1;2*+2. The Kier molecular flexibility index (Phi) is 13.4. The van der Waals surface area contributed by atoms with Crippen molar-refractivity contribution < 1.29 is 34.1 Å². The largest absolute Gasteiger partial charge is 2.00 e. The van der Waals surface area contributed by atoms with E-state index in [1.54, 1.807) is 0 Å². The zero-order valence-corrected chi connectivity index (χ0v) is 21.8. The van der Waals surface area contributed by atoms with E-state index in [0.717, 1.165) is 0 Å². The van der Waals surface area contributed by atoms with Crippen molar-refractivity contribution in [2.24, 2.45) is 0 Å². The Morgan fingerprint density at radius 2 is 0.897 bits per heavy atom. The van der Waals surface area contributed by atoms with E-state index in [1.807, 2.05) is 60.7 Å². The predicted octanol–water partition coefficient (Wildman–Crippen LogP) is 5.04. The Labute approximate surface area is 200 Å². The molecular formula is C24H31Fe2NSi2. The fraction of sp³-hybridized carbons (Fsp3) is 0.167. The van der Waals surface area contributed by atoms with Gasteiger partial charge in [-0.1, -0.05) is 26.2 Å². The molecule has 4 rings (SSSR count). The topological polar surface area (TPSA) is 12.0 Å². The Hall–Kier alpha value is -1.17. The van der Waals surface area contributed by atoms with Gasteiger partial charge in [0.05, 0.1) is 0 Å². The summed E-state index contributed by atoms with van der Waals surface area (Å²) in [6.07, 6.45) is 0. The average molecular weight is 501 g/mol. The van der Waals surface area contributed by atoms with Gasteiger partial charge in [-0.05, 0) is 0 Å². The molecule has 0 saturated heterocycles. The molecule has 0 aliphatic carbocycles. The summed E-state index contributed by atoms with van der Waals surface area (Å²) in [6.45, 7) is 9.61. The zero-order chi connectivity index (χ0) is 19.6. The Bertz CT molecular complexity index is 696. The first kappa shape index (κ1) is 27.8. The van der Waals surface area contributed by atoms with Crippen LogP contribution in [0.5, 0.6) is 0 Å². The molecule has 29 heavy (non-hydrogen) atoms. The number of rotatable bonds is 4. The third-order valence-electron chi connectivity index (χ3n) is 4.50. The van der Waals surface area contributed by atoms with Gasteiger partial charge in [0.2, 0.25) is 0 Å². The van der Waals surface area contributed by atoms with Gasteiger partial charge in [0.1, 0.15) is 16.5 Å². The molecule has 0 unspecified atom stereocenters. The Balaban J connectivity index is 0.000000537. The van der Waals surface area contributed by atoms with Crippen LogP contribution in [0.15, 0.2) is 109 Å². The minimum absolute atomic E-state index is 0. The molecule has 5 heteroatoms. The molecule has 0 fully saturated rings. The van der Waals surface area contributed by atoms with Crippen molar-refractivity contribution in [3.8, 4) is 0 Å². The van der Waals surface area contributed by atoms with Crippen LogP contribution in [-0.4, -0.2) is 16.5 Å². The molecule has 156 valence electrons. The van der Waals surface area contributed by atoms with Gasteiger partial charge in [-0.15, -0.1) is 0 Å². The van der Waals surface area contributed by atoms with Crippen LogP contribution < -0.4 is 15.0 Å². The van der Waals surface area contributed by atoms with Gasteiger partial charge in [0.25, 0.3) is 0 Å². The molecule has 0 bridgehead atoms.